The van der Waals surface area contributed by atoms with Crippen molar-refractivity contribution in [3.63, 3.8) is 0 Å². The van der Waals surface area contributed by atoms with Crippen molar-refractivity contribution in [3.05, 3.63) is 33.4 Å². The summed E-state index contributed by atoms with van der Waals surface area (Å²) in [7, 11) is -16.1. The molecule has 2 aliphatic heterocycles. The van der Waals surface area contributed by atoms with Gasteiger partial charge in [0.25, 0.3) is 11.1 Å². The highest BCUT2D eigenvalue weighted by atomic mass is 31.3. The highest BCUT2D eigenvalue weighted by molar-refractivity contribution is 7.61. The van der Waals surface area contributed by atoms with E-state index in [9.17, 15) is 38.2 Å². The molecule has 11 N–H and O–H groups in total. The zero-order valence-corrected chi connectivity index (χ0v) is 27.0. The Labute approximate surface area is 270 Å². The molecule has 6 heterocycles. The molecule has 0 bridgehead atoms. The van der Waals surface area contributed by atoms with E-state index in [1.807, 2.05) is 0 Å². The third-order valence-electron chi connectivity index (χ3n) is 7.19. The van der Waals surface area contributed by atoms with Crippen LogP contribution in [-0.2, 0) is 41.1 Å². The second kappa shape index (κ2) is 13.0. The summed E-state index contributed by atoms with van der Waals surface area (Å²) >= 11 is 0. The van der Waals surface area contributed by atoms with Crippen LogP contribution in [0, 0.1) is 0 Å². The van der Waals surface area contributed by atoms with Crippen LogP contribution in [0.1, 0.15) is 25.3 Å². The van der Waals surface area contributed by atoms with E-state index in [4.69, 9.17) is 39.8 Å². The Bertz CT molecular complexity index is 2150. The number of ether oxygens (including phenoxy) is 2. The van der Waals surface area contributed by atoms with Crippen LogP contribution in [-0.4, -0.2) is 101 Å². The van der Waals surface area contributed by atoms with Crippen molar-refractivity contribution < 1.29 is 65.7 Å². The van der Waals surface area contributed by atoms with E-state index in [0.29, 0.717) is 0 Å². The minimum absolute atomic E-state index is 0.0347. The summed E-state index contributed by atoms with van der Waals surface area (Å²) < 4.78 is 69.5. The molecule has 0 spiro atoms. The molecule has 0 aromatic carbocycles. The molecule has 0 aliphatic carbocycles. The number of aliphatic hydroxyl groups is 1. The predicted octanol–water partition coefficient (Wildman–Crippen LogP) is -1.92. The molecule has 8 unspecified atom stereocenters. The number of H-pyrrole nitrogens is 2. The van der Waals surface area contributed by atoms with E-state index in [1.54, 1.807) is 0 Å². The summed E-state index contributed by atoms with van der Waals surface area (Å²) in [6.45, 7) is -1.74. The molecule has 2 fully saturated rings. The van der Waals surface area contributed by atoms with Crippen LogP contribution in [0.2, 0.25) is 0 Å². The van der Waals surface area contributed by atoms with Crippen LogP contribution in [0.15, 0.2) is 22.2 Å². The topological polar surface area (TPSA) is 387 Å². The Balaban J connectivity index is 1.11. The number of rotatable bonds is 12. The molecule has 0 radical (unpaired) electrons. The normalized spacial score (nSPS) is 27.1. The number of nitrogens with zero attached hydrogens (tertiary/aromatic N) is 6. The zero-order valence-electron chi connectivity index (χ0n) is 24.4. The van der Waals surface area contributed by atoms with Crippen molar-refractivity contribution in [2.75, 3.05) is 24.7 Å². The van der Waals surface area contributed by atoms with Gasteiger partial charge in [-0.2, -0.15) is 14.3 Å². The monoisotopic (exact) mass is 756 g/mol. The van der Waals surface area contributed by atoms with Gasteiger partial charge in [-0.05, 0) is 0 Å². The minimum atomic E-state index is -5.55. The van der Waals surface area contributed by atoms with Gasteiger partial charge in [-0.15, -0.1) is 0 Å². The van der Waals surface area contributed by atoms with Crippen LogP contribution >= 0.6 is 23.5 Å². The number of phosphoric acid groups is 3. The maximum atomic E-state index is 12.9. The number of anilines is 2. The molecule has 6 rings (SSSR count). The number of imidazole rings is 2. The third kappa shape index (κ3) is 7.82. The second-order valence-electron chi connectivity index (χ2n) is 10.6. The van der Waals surface area contributed by atoms with Gasteiger partial charge >= 0.3 is 23.5 Å². The van der Waals surface area contributed by atoms with Gasteiger partial charge in [0.05, 0.1) is 32.0 Å². The molecule has 268 valence electrons. The fourth-order valence-electron chi connectivity index (χ4n) is 5.16. The van der Waals surface area contributed by atoms with E-state index in [-0.39, 0.29) is 40.6 Å². The zero-order chi connectivity index (χ0) is 35.5. The maximum Gasteiger partial charge on any atom is 0.481 e. The van der Waals surface area contributed by atoms with Crippen LogP contribution in [0.3, 0.4) is 0 Å². The van der Waals surface area contributed by atoms with Gasteiger partial charge in [0.15, 0.2) is 22.3 Å². The van der Waals surface area contributed by atoms with Crippen LogP contribution in [0.4, 0.5) is 11.9 Å². The Morgan fingerprint density at radius 3 is 1.88 bits per heavy atom. The third-order valence-corrected chi connectivity index (χ3v) is 10.3. The SMILES string of the molecule is Nc1nc2c(ncn2C2CC(O)C(COP(=O)(O)OP(=O)(O)OC3CC(n4cnc5c(=O)[nH]c(N)nc54)OC3COP(=O)(O)O)O2)c(=O)[nH]1. The average Bonchev–Trinajstić information content (AvgIpc) is 3.74. The summed E-state index contributed by atoms with van der Waals surface area (Å²) in [5.74, 6) is -0.487. The number of aromatic amines is 2. The second-order valence-corrected chi connectivity index (χ2v) is 14.8. The van der Waals surface area contributed by atoms with Crippen LogP contribution in [0.25, 0.3) is 22.3 Å². The van der Waals surface area contributed by atoms with Crippen LogP contribution < -0.4 is 22.6 Å². The molecule has 0 amide bonds. The molecule has 49 heavy (non-hydrogen) atoms. The number of hydrogen-bond donors (Lipinski definition) is 9. The lowest BCUT2D eigenvalue weighted by atomic mass is 10.2. The smallest absolute Gasteiger partial charge is 0.390 e. The number of aromatic nitrogens is 8. The van der Waals surface area contributed by atoms with E-state index in [1.165, 1.54) is 15.5 Å². The Morgan fingerprint density at radius 2 is 1.33 bits per heavy atom. The molecule has 26 nitrogen and oxygen atoms in total. The molecule has 0 saturated carbocycles. The number of aliphatic hydroxyl groups excluding tert-OH is 1. The Morgan fingerprint density at radius 1 is 0.816 bits per heavy atom. The van der Waals surface area contributed by atoms with Crippen molar-refractivity contribution in [2.45, 2.75) is 49.7 Å². The first-order valence-electron chi connectivity index (χ1n) is 13.7. The summed E-state index contributed by atoms with van der Waals surface area (Å²) in [6, 6.07) is 0. The summed E-state index contributed by atoms with van der Waals surface area (Å²) in [4.78, 5) is 83.5. The van der Waals surface area contributed by atoms with Crippen LogP contribution in [0.5, 0.6) is 0 Å². The van der Waals surface area contributed by atoms with Gasteiger partial charge in [-0.25, -0.2) is 23.7 Å². The highest BCUT2D eigenvalue weighted by Gasteiger charge is 2.46. The van der Waals surface area contributed by atoms with Crippen molar-refractivity contribution in [1.29, 1.82) is 0 Å². The maximum absolute atomic E-state index is 12.9. The molecular weight excluding hydrogens is 729 g/mol. The van der Waals surface area contributed by atoms with Gasteiger partial charge in [-0.1, -0.05) is 0 Å². The van der Waals surface area contributed by atoms with Gasteiger partial charge in [0.1, 0.15) is 30.8 Å². The van der Waals surface area contributed by atoms with Crippen molar-refractivity contribution in [1.82, 2.24) is 39.0 Å². The van der Waals surface area contributed by atoms with E-state index in [0.717, 1.165) is 6.33 Å². The molecule has 8 atom stereocenters. The summed E-state index contributed by atoms with van der Waals surface area (Å²) in [6.07, 6.45) is -6.04. The molecule has 29 heteroatoms. The number of nitrogens with one attached hydrogen (secondary N) is 2. The first-order valence-corrected chi connectivity index (χ1v) is 18.2. The standard InChI is InChI=1S/C20H27N10O16P3/c21-19-25-15-13(17(32)27-19)23-5-29(15)11-1-7(31)9(43-11)3-42-48(37,38)46-49(39,40)45-8-2-12(44-10(8)4-41-47(34,35)36)30-6-24-14-16(30)26-20(22)28-18(14)33/h5-12,31H,1-4H2,(H,37,38)(H,39,40)(H2,34,35,36)(H3,21,25,27,32)(H3,22,26,28,33). The molecular formula is C20H27N10O16P3. The average molecular weight is 756 g/mol. The lowest BCUT2D eigenvalue weighted by Gasteiger charge is -2.23. The first-order chi connectivity index (χ1) is 22.9. The lowest BCUT2D eigenvalue weighted by Crippen LogP contribution is -2.28. The number of nitrogens with two attached hydrogens (primary N) is 2. The molecule has 4 aromatic rings. The number of nitrogen functional groups attached to an aromatic ring is 2. The number of hydrogen-bond acceptors (Lipinski definition) is 18. The minimum Gasteiger partial charge on any atom is -0.390 e. The van der Waals surface area contributed by atoms with Crippen molar-refractivity contribution in [3.8, 4) is 0 Å². The highest BCUT2D eigenvalue weighted by Crippen LogP contribution is 2.62. The lowest BCUT2D eigenvalue weighted by molar-refractivity contribution is -0.0454. The molecule has 2 saturated heterocycles. The van der Waals surface area contributed by atoms with Crippen molar-refractivity contribution >= 4 is 57.7 Å². The largest absolute Gasteiger partial charge is 0.481 e. The molecule has 2 aliphatic rings. The van der Waals surface area contributed by atoms with E-state index < -0.39 is 91.1 Å². The molecule has 4 aromatic heterocycles. The fourth-order valence-corrected chi connectivity index (χ4v) is 7.78. The Kier molecular flexibility index (Phi) is 9.40. The number of fused-ring (bicyclic) bond motifs is 2. The summed E-state index contributed by atoms with van der Waals surface area (Å²) in [5, 5.41) is 10.5. The Hall–Kier alpha value is -3.45. The van der Waals surface area contributed by atoms with E-state index >= 15 is 0 Å². The first kappa shape index (κ1) is 35.4. The van der Waals surface area contributed by atoms with Gasteiger partial charge < -0.3 is 45.6 Å². The van der Waals surface area contributed by atoms with Gasteiger partial charge in [0, 0.05) is 12.8 Å². The fraction of sp³-hybridized carbons (Fsp3) is 0.500. The van der Waals surface area contributed by atoms with E-state index in [2.05, 4.69) is 38.7 Å². The van der Waals surface area contributed by atoms with Crippen molar-refractivity contribution in [2.24, 2.45) is 0 Å². The summed E-state index contributed by atoms with van der Waals surface area (Å²) in [5.41, 5.74) is 9.61. The number of phosphoric ester groups is 3. The van der Waals surface area contributed by atoms with Gasteiger partial charge in [-0.3, -0.25) is 42.3 Å². The quantitative estimate of drug-likeness (QED) is 0.0711. The van der Waals surface area contributed by atoms with Gasteiger partial charge in [0.2, 0.25) is 11.9 Å². The predicted molar refractivity (Wildman–Crippen MR) is 158 cm³/mol.